The minimum absolute atomic E-state index is 0.140. The predicted molar refractivity (Wildman–Crippen MR) is 120 cm³/mol. The van der Waals surface area contributed by atoms with Crippen molar-refractivity contribution in [3.8, 4) is 11.3 Å². The molecule has 172 valence electrons. The van der Waals surface area contributed by atoms with Crippen LogP contribution in [0.25, 0.3) is 11.3 Å². The molecule has 0 bridgehead atoms. The first-order valence-electron chi connectivity index (χ1n) is 10.6. The molecule has 0 unspecified atom stereocenters. The molecule has 2 saturated heterocycles. The smallest absolute Gasteiger partial charge is 0.407 e. The Labute approximate surface area is 194 Å². The Hall–Kier alpha value is -2.43. The van der Waals surface area contributed by atoms with E-state index in [0.29, 0.717) is 25.5 Å². The van der Waals surface area contributed by atoms with Crippen LogP contribution in [0.2, 0.25) is 0 Å². The average molecular weight is 507 g/mol. The molecule has 1 spiro atoms. The summed E-state index contributed by atoms with van der Waals surface area (Å²) in [4.78, 5) is 35.1. The van der Waals surface area contributed by atoms with Crippen molar-refractivity contribution < 1.29 is 23.8 Å². The number of rotatable bonds is 5. The molecular formula is C22H27BrN4O5. The summed E-state index contributed by atoms with van der Waals surface area (Å²) < 4.78 is 17.5. The number of methoxy groups -OCH3 is 1. The van der Waals surface area contributed by atoms with Crippen molar-refractivity contribution in [1.29, 1.82) is 0 Å². The summed E-state index contributed by atoms with van der Waals surface area (Å²) in [6.07, 6.45) is 1.57. The van der Waals surface area contributed by atoms with Crippen molar-refractivity contribution in [2.75, 3.05) is 26.9 Å². The summed E-state index contributed by atoms with van der Waals surface area (Å²) in [5.74, 6) is -0.586. The lowest BCUT2D eigenvalue weighted by Gasteiger charge is -2.30. The quantitative estimate of drug-likeness (QED) is 0.644. The highest BCUT2D eigenvalue weighted by Gasteiger charge is 2.52. The molecule has 2 fully saturated rings. The zero-order chi connectivity index (χ0) is 22.9. The van der Waals surface area contributed by atoms with Gasteiger partial charge < -0.3 is 29.4 Å². The van der Waals surface area contributed by atoms with E-state index in [0.717, 1.165) is 15.7 Å². The van der Waals surface area contributed by atoms with Crippen LogP contribution in [0.3, 0.4) is 0 Å². The Balaban J connectivity index is 1.63. The first-order chi connectivity index (χ1) is 15.3. The highest BCUT2D eigenvalue weighted by molar-refractivity contribution is 9.10. The van der Waals surface area contributed by atoms with Gasteiger partial charge in [-0.05, 0) is 23.6 Å². The Morgan fingerprint density at radius 3 is 2.59 bits per heavy atom. The van der Waals surface area contributed by atoms with Crippen LogP contribution < -0.4 is 5.32 Å². The average Bonchev–Trinajstić information content (AvgIpc) is 3.52. The second kappa shape index (κ2) is 9.21. The van der Waals surface area contributed by atoms with Crippen LogP contribution in [0, 0.1) is 5.92 Å². The number of aromatic amines is 1. The van der Waals surface area contributed by atoms with Crippen LogP contribution in [0.5, 0.6) is 0 Å². The number of benzene rings is 1. The summed E-state index contributed by atoms with van der Waals surface area (Å²) in [6.45, 7) is 4.97. The fourth-order valence-corrected chi connectivity index (χ4v) is 4.45. The number of carbonyl (C=O) groups is 2. The van der Waals surface area contributed by atoms with E-state index in [2.05, 4.69) is 31.2 Å². The Morgan fingerprint density at radius 2 is 1.97 bits per heavy atom. The molecule has 1 aromatic heterocycles. The highest BCUT2D eigenvalue weighted by atomic mass is 79.9. The van der Waals surface area contributed by atoms with E-state index in [1.165, 1.54) is 7.11 Å². The maximum absolute atomic E-state index is 13.6. The first-order valence-corrected chi connectivity index (χ1v) is 11.3. The third-order valence-electron chi connectivity index (χ3n) is 5.85. The van der Waals surface area contributed by atoms with Crippen LogP contribution in [-0.2, 0) is 19.0 Å². The minimum atomic E-state index is -0.863. The molecular weight excluding hydrogens is 480 g/mol. The number of nitrogens with one attached hydrogen (secondary N) is 2. The molecule has 2 aliphatic rings. The Morgan fingerprint density at radius 1 is 1.28 bits per heavy atom. The van der Waals surface area contributed by atoms with Gasteiger partial charge in [0.2, 0.25) is 5.91 Å². The van der Waals surface area contributed by atoms with Crippen molar-refractivity contribution >= 4 is 27.9 Å². The Bertz CT molecular complexity index is 971. The molecule has 2 atom stereocenters. The maximum Gasteiger partial charge on any atom is 0.407 e. The van der Waals surface area contributed by atoms with Crippen molar-refractivity contribution in [2.45, 2.75) is 38.1 Å². The number of amides is 2. The minimum Gasteiger partial charge on any atom is -0.453 e. The number of hydrogen-bond donors (Lipinski definition) is 2. The molecule has 32 heavy (non-hydrogen) atoms. The van der Waals surface area contributed by atoms with Gasteiger partial charge in [-0.1, -0.05) is 41.9 Å². The third kappa shape index (κ3) is 4.53. The molecule has 1 aromatic carbocycles. The van der Waals surface area contributed by atoms with Gasteiger partial charge in [-0.2, -0.15) is 0 Å². The van der Waals surface area contributed by atoms with Gasteiger partial charge in [-0.25, -0.2) is 9.78 Å². The van der Waals surface area contributed by atoms with E-state index in [4.69, 9.17) is 14.2 Å². The lowest BCUT2D eigenvalue weighted by Crippen LogP contribution is -2.52. The molecule has 2 aromatic rings. The first kappa shape index (κ1) is 22.8. The number of aromatic nitrogens is 2. The van der Waals surface area contributed by atoms with E-state index in [9.17, 15) is 9.59 Å². The number of hydrogen-bond acceptors (Lipinski definition) is 6. The Kier molecular flexibility index (Phi) is 6.55. The summed E-state index contributed by atoms with van der Waals surface area (Å²) in [6, 6.07) is 6.76. The molecule has 9 nitrogen and oxygen atoms in total. The number of ether oxygens (including phenoxy) is 3. The van der Waals surface area contributed by atoms with Crippen LogP contribution in [0.4, 0.5) is 4.79 Å². The van der Waals surface area contributed by atoms with E-state index >= 15 is 0 Å². The number of alkyl carbamates (subject to hydrolysis) is 1. The monoisotopic (exact) mass is 506 g/mol. The molecule has 2 N–H and O–H groups in total. The normalized spacial score (nSPS) is 20.7. The maximum atomic E-state index is 13.6. The van der Waals surface area contributed by atoms with E-state index < -0.39 is 17.9 Å². The zero-order valence-corrected chi connectivity index (χ0v) is 19.8. The SMILES string of the molecule is COC(=O)N[C@H](C(=O)N1CC2(C[C@H]1c1ncc(-c3ccc(Br)cc3)[nH]1)OCCO2)C(C)C. The second-order valence-electron chi connectivity index (χ2n) is 8.34. The van der Waals surface area contributed by atoms with Gasteiger partial charge in [-0.3, -0.25) is 4.79 Å². The number of nitrogens with zero attached hydrogens (tertiary/aromatic N) is 2. The van der Waals surface area contributed by atoms with E-state index in [-0.39, 0.29) is 24.4 Å². The summed E-state index contributed by atoms with van der Waals surface area (Å²) >= 11 is 3.45. The third-order valence-corrected chi connectivity index (χ3v) is 6.37. The predicted octanol–water partition coefficient (Wildman–Crippen LogP) is 3.24. The number of carbonyl (C=O) groups excluding carboxylic acids is 2. The van der Waals surface area contributed by atoms with Gasteiger partial charge >= 0.3 is 6.09 Å². The van der Waals surface area contributed by atoms with Gasteiger partial charge in [-0.15, -0.1) is 0 Å². The van der Waals surface area contributed by atoms with Crippen molar-refractivity contribution in [2.24, 2.45) is 5.92 Å². The molecule has 2 aliphatic heterocycles. The topological polar surface area (TPSA) is 106 Å². The van der Waals surface area contributed by atoms with Gasteiger partial charge in [0.05, 0.1) is 44.8 Å². The van der Waals surface area contributed by atoms with Crippen LogP contribution in [-0.4, -0.2) is 65.6 Å². The second-order valence-corrected chi connectivity index (χ2v) is 9.26. The molecule has 10 heteroatoms. The van der Waals surface area contributed by atoms with Gasteiger partial charge in [0.1, 0.15) is 11.9 Å². The van der Waals surface area contributed by atoms with E-state index in [1.807, 2.05) is 38.1 Å². The molecule has 0 radical (unpaired) electrons. The molecule has 0 aliphatic carbocycles. The molecule has 4 rings (SSSR count). The molecule has 0 saturated carbocycles. The van der Waals surface area contributed by atoms with Crippen LogP contribution >= 0.6 is 15.9 Å². The number of likely N-dealkylation sites (tertiary alicyclic amines) is 1. The number of halogens is 1. The summed E-state index contributed by atoms with van der Waals surface area (Å²) in [5, 5.41) is 2.66. The summed E-state index contributed by atoms with van der Waals surface area (Å²) in [7, 11) is 1.28. The zero-order valence-electron chi connectivity index (χ0n) is 18.3. The highest BCUT2D eigenvalue weighted by Crippen LogP contribution is 2.42. The van der Waals surface area contributed by atoms with Gasteiger partial charge in [0, 0.05) is 10.9 Å². The standard InChI is InChI=1S/C22H27BrN4O5/c1-13(2)18(26-21(29)30-3)20(28)27-12-22(31-8-9-32-22)10-17(27)19-24-11-16(25-19)14-4-6-15(23)7-5-14/h4-7,11,13,17-18H,8-10,12H2,1-3H3,(H,24,25)(H,26,29)/t17-,18-/m0/s1. The van der Waals surface area contributed by atoms with Crippen molar-refractivity contribution in [1.82, 2.24) is 20.2 Å². The van der Waals surface area contributed by atoms with Crippen molar-refractivity contribution in [3.05, 3.63) is 40.8 Å². The van der Waals surface area contributed by atoms with Crippen molar-refractivity contribution in [3.63, 3.8) is 0 Å². The van der Waals surface area contributed by atoms with Gasteiger partial charge in [0.25, 0.3) is 0 Å². The molecule has 2 amide bonds. The largest absolute Gasteiger partial charge is 0.453 e. The lowest BCUT2D eigenvalue weighted by molar-refractivity contribution is -0.153. The van der Waals surface area contributed by atoms with Crippen LogP contribution in [0.1, 0.15) is 32.1 Å². The number of H-pyrrole nitrogens is 1. The van der Waals surface area contributed by atoms with Gasteiger partial charge in [0.15, 0.2) is 5.79 Å². The van der Waals surface area contributed by atoms with E-state index in [1.54, 1.807) is 11.1 Å². The summed E-state index contributed by atoms with van der Waals surface area (Å²) in [5.41, 5.74) is 1.83. The molecule has 3 heterocycles. The number of imidazole rings is 1. The lowest BCUT2D eigenvalue weighted by atomic mass is 10.0. The fraction of sp³-hybridized carbons (Fsp3) is 0.500. The fourth-order valence-electron chi connectivity index (χ4n) is 4.18. The van der Waals surface area contributed by atoms with Crippen LogP contribution in [0.15, 0.2) is 34.9 Å².